The lowest BCUT2D eigenvalue weighted by Crippen LogP contribution is -2.11. The molecular weight excluding hydrogens is 250 g/mol. The molecule has 2 heteroatoms. The van der Waals surface area contributed by atoms with Gasteiger partial charge < -0.3 is 5.73 Å². The van der Waals surface area contributed by atoms with Crippen molar-refractivity contribution in [2.45, 2.75) is 32.7 Å². The van der Waals surface area contributed by atoms with E-state index in [4.69, 9.17) is 5.73 Å². The first-order chi connectivity index (χ1) is 7.04. The number of benzene rings is 1. The van der Waals surface area contributed by atoms with Gasteiger partial charge in [0.15, 0.2) is 0 Å². The fourth-order valence-corrected chi connectivity index (χ4v) is 2.05. The maximum atomic E-state index is 6.15. The van der Waals surface area contributed by atoms with Crippen molar-refractivity contribution in [3.05, 3.63) is 46.0 Å². The smallest absolute Gasteiger partial charge is 0.0343 e. The SMILES string of the molecule is C=C(CC)CC(N)c1cc(C)ccc1Br. The standard InChI is InChI=1S/C13H18BrN/c1-4-9(2)8-13(15)11-7-10(3)5-6-12(11)14/h5-7,13H,2,4,8,15H2,1,3H3. The largest absolute Gasteiger partial charge is 0.324 e. The van der Waals surface area contributed by atoms with Crippen molar-refractivity contribution in [2.75, 3.05) is 0 Å². The molecule has 82 valence electrons. The maximum Gasteiger partial charge on any atom is 0.0343 e. The van der Waals surface area contributed by atoms with Crippen LogP contribution in [-0.4, -0.2) is 0 Å². The Hall–Kier alpha value is -0.600. The van der Waals surface area contributed by atoms with Crippen molar-refractivity contribution in [2.24, 2.45) is 5.73 Å². The highest BCUT2D eigenvalue weighted by Gasteiger charge is 2.10. The molecule has 0 spiro atoms. The van der Waals surface area contributed by atoms with Gasteiger partial charge in [-0.15, -0.1) is 0 Å². The van der Waals surface area contributed by atoms with E-state index in [-0.39, 0.29) is 6.04 Å². The number of aryl methyl sites for hydroxylation is 1. The van der Waals surface area contributed by atoms with Gasteiger partial charge >= 0.3 is 0 Å². The first-order valence-electron chi connectivity index (χ1n) is 5.23. The first kappa shape index (κ1) is 12.5. The van der Waals surface area contributed by atoms with Crippen LogP contribution in [0.4, 0.5) is 0 Å². The highest BCUT2D eigenvalue weighted by atomic mass is 79.9. The third-order valence-corrected chi connectivity index (χ3v) is 3.28. The second kappa shape index (κ2) is 5.47. The second-order valence-corrected chi connectivity index (χ2v) is 4.79. The van der Waals surface area contributed by atoms with E-state index in [2.05, 4.69) is 54.6 Å². The summed E-state index contributed by atoms with van der Waals surface area (Å²) in [5.74, 6) is 0. The summed E-state index contributed by atoms with van der Waals surface area (Å²) < 4.78 is 1.09. The van der Waals surface area contributed by atoms with Gasteiger partial charge in [-0.05, 0) is 31.4 Å². The molecule has 1 aromatic rings. The molecule has 0 aromatic heterocycles. The molecule has 2 N–H and O–H groups in total. The normalized spacial score (nSPS) is 12.5. The quantitative estimate of drug-likeness (QED) is 0.817. The summed E-state index contributed by atoms with van der Waals surface area (Å²) in [6.45, 7) is 8.19. The van der Waals surface area contributed by atoms with E-state index in [1.54, 1.807) is 0 Å². The van der Waals surface area contributed by atoms with Crippen molar-refractivity contribution >= 4 is 15.9 Å². The van der Waals surface area contributed by atoms with Crippen molar-refractivity contribution < 1.29 is 0 Å². The molecule has 1 unspecified atom stereocenters. The molecule has 1 rings (SSSR count). The number of hydrogen-bond donors (Lipinski definition) is 1. The molecule has 0 saturated carbocycles. The van der Waals surface area contributed by atoms with Crippen LogP contribution < -0.4 is 5.73 Å². The zero-order valence-corrected chi connectivity index (χ0v) is 11.0. The average Bonchev–Trinajstić information content (AvgIpc) is 2.21. The first-order valence-corrected chi connectivity index (χ1v) is 6.02. The van der Waals surface area contributed by atoms with E-state index in [1.165, 1.54) is 16.7 Å². The Balaban J connectivity index is 2.85. The highest BCUT2D eigenvalue weighted by molar-refractivity contribution is 9.10. The van der Waals surface area contributed by atoms with Gasteiger partial charge in [-0.25, -0.2) is 0 Å². The number of nitrogens with two attached hydrogens (primary N) is 1. The van der Waals surface area contributed by atoms with E-state index in [0.29, 0.717) is 0 Å². The summed E-state index contributed by atoms with van der Waals surface area (Å²) >= 11 is 3.53. The molecule has 1 atom stereocenters. The third-order valence-electron chi connectivity index (χ3n) is 2.56. The van der Waals surface area contributed by atoms with Gasteiger partial charge in [-0.1, -0.05) is 52.7 Å². The Labute approximate surface area is 101 Å². The predicted octanol–water partition coefficient (Wildman–Crippen LogP) is 4.11. The fraction of sp³-hybridized carbons (Fsp3) is 0.385. The van der Waals surface area contributed by atoms with Gasteiger partial charge in [-0.2, -0.15) is 0 Å². The Morgan fingerprint density at radius 1 is 1.53 bits per heavy atom. The number of halogens is 1. The lowest BCUT2D eigenvalue weighted by atomic mass is 9.98. The van der Waals surface area contributed by atoms with Crippen LogP contribution in [0.2, 0.25) is 0 Å². The summed E-state index contributed by atoms with van der Waals surface area (Å²) in [5, 5.41) is 0. The second-order valence-electron chi connectivity index (χ2n) is 3.94. The van der Waals surface area contributed by atoms with E-state index in [9.17, 15) is 0 Å². The molecular formula is C13H18BrN. The van der Waals surface area contributed by atoms with Crippen LogP contribution >= 0.6 is 15.9 Å². The van der Waals surface area contributed by atoms with Crippen molar-refractivity contribution in [1.29, 1.82) is 0 Å². The molecule has 1 aromatic carbocycles. The van der Waals surface area contributed by atoms with Crippen LogP contribution in [0.25, 0.3) is 0 Å². The predicted molar refractivity (Wildman–Crippen MR) is 69.9 cm³/mol. The van der Waals surface area contributed by atoms with Crippen molar-refractivity contribution in [3.8, 4) is 0 Å². The molecule has 0 radical (unpaired) electrons. The minimum Gasteiger partial charge on any atom is -0.324 e. The van der Waals surface area contributed by atoms with E-state index < -0.39 is 0 Å². The van der Waals surface area contributed by atoms with Gasteiger partial charge in [0.1, 0.15) is 0 Å². The van der Waals surface area contributed by atoms with Gasteiger partial charge in [0.05, 0.1) is 0 Å². The Bertz CT molecular complexity index is 358. The van der Waals surface area contributed by atoms with E-state index >= 15 is 0 Å². The Morgan fingerprint density at radius 2 is 2.20 bits per heavy atom. The zero-order chi connectivity index (χ0) is 11.4. The van der Waals surface area contributed by atoms with Crippen molar-refractivity contribution in [1.82, 2.24) is 0 Å². The number of hydrogen-bond acceptors (Lipinski definition) is 1. The monoisotopic (exact) mass is 267 g/mol. The van der Waals surface area contributed by atoms with Gasteiger partial charge in [0, 0.05) is 10.5 Å². The Morgan fingerprint density at radius 3 is 2.80 bits per heavy atom. The van der Waals surface area contributed by atoms with Crippen molar-refractivity contribution in [3.63, 3.8) is 0 Å². The van der Waals surface area contributed by atoms with Crippen LogP contribution in [0.3, 0.4) is 0 Å². The van der Waals surface area contributed by atoms with Crippen LogP contribution in [0, 0.1) is 6.92 Å². The molecule has 0 amide bonds. The molecule has 0 heterocycles. The number of rotatable bonds is 4. The molecule has 0 aliphatic heterocycles. The van der Waals surface area contributed by atoms with E-state index in [0.717, 1.165) is 17.3 Å². The summed E-state index contributed by atoms with van der Waals surface area (Å²) in [6, 6.07) is 6.32. The van der Waals surface area contributed by atoms with Gasteiger partial charge in [0.2, 0.25) is 0 Å². The van der Waals surface area contributed by atoms with Crippen LogP contribution in [0.15, 0.2) is 34.8 Å². The minimum absolute atomic E-state index is 0.0479. The summed E-state index contributed by atoms with van der Waals surface area (Å²) in [4.78, 5) is 0. The lowest BCUT2D eigenvalue weighted by Gasteiger charge is -2.15. The summed E-state index contributed by atoms with van der Waals surface area (Å²) in [5.41, 5.74) is 9.77. The third kappa shape index (κ3) is 3.47. The molecule has 0 fully saturated rings. The molecule has 0 bridgehead atoms. The topological polar surface area (TPSA) is 26.0 Å². The van der Waals surface area contributed by atoms with Gasteiger partial charge in [0.25, 0.3) is 0 Å². The molecule has 0 aliphatic carbocycles. The molecule has 0 aliphatic rings. The molecule has 0 saturated heterocycles. The van der Waals surface area contributed by atoms with Crippen LogP contribution in [0.5, 0.6) is 0 Å². The average molecular weight is 268 g/mol. The maximum absolute atomic E-state index is 6.15. The zero-order valence-electron chi connectivity index (χ0n) is 9.39. The van der Waals surface area contributed by atoms with E-state index in [1.807, 2.05) is 0 Å². The summed E-state index contributed by atoms with van der Waals surface area (Å²) in [7, 11) is 0. The molecule has 15 heavy (non-hydrogen) atoms. The lowest BCUT2D eigenvalue weighted by molar-refractivity contribution is 0.697. The van der Waals surface area contributed by atoms with Crippen LogP contribution in [-0.2, 0) is 0 Å². The molecule has 1 nitrogen and oxygen atoms in total. The van der Waals surface area contributed by atoms with Crippen LogP contribution in [0.1, 0.15) is 36.9 Å². The summed E-state index contributed by atoms with van der Waals surface area (Å²) in [6.07, 6.45) is 1.86. The highest BCUT2D eigenvalue weighted by Crippen LogP contribution is 2.27. The minimum atomic E-state index is 0.0479. The Kier molecular flexibility index (Phi) is 4.55. The fourth-order valence-electron chi connectivity index (χ4n) is 1.51. The van der Waals surface area contributed by atoms with Gasteiger partial charge in [-0.3, -0.25) is 0 Å².